The van der Waals surface area contributed by atoms with E-state index in [9.17, 15) is 14.4 Å². The maximum Gasteiger partial charge on any atom is 0.341 e. The zero-order valence-electron chi connectivity index (χ0n) is 18.9. The number of ether oxygens (including phenoxy) is 2. The zero-order chi connectivity index (χ0) is 23.5. The molecule has 0 fully saturated rings. The van der Waals surface area contributed by atoms with Crippen LogP contribution in [-0.4, -0.2) is 42.4 Å². The lowest BCUT2D eigenvalue weighted by molar-refractivity contribution is -0.129. The van der Waals surface area contributed by atoms with Gasteiger partial charge in [-0.3, -0.25) is 9.59 Å². The summed E-state index contributed by atoms with van der Waals surface area (Å²) in [6.07, 6.45) is 0.536. The van der Waals surface area contributed by atoms with Gasteiger partial charge in [0.15, 0.2) is 0 Å². The first kappa shape index (κ1) is 22.8. The topological polar surface area (TPSA) is 84.9 Å². The second-order valence-electron chi connectivity index (χ2n) is 7.67. The maximum absolute atomic E-state index is 13.5. The van der Waals surface area contributed by atoms with Gasteiger partial charge in [0.2, 0.25) is 5.91 Å². The highest BCUT2D eigenvalue weighted by Crippen LogP contribution is 2.39. The van der Waals surface area contributed by atoms with Crippen LogP contribution in [0.4, 0.5) is 5.00 Å². The number of amides is 2. The summed E-state index contributed by atoms with van der Waals surface area (Å²) in [5.74, 6) is -0.364. The van der Waals surface area contributed by atoms with Gasteiger partial charge < -0.3 is 19.7 Å². The van der Waals surface area contributed by atoms with Crippen LogP contribution in [0.3, 0.4) is 0 Å². The van der Waals surface area contributed by atoms with Crippen LogP contribution in [-0.2, 0) is 22.5 Å². The Morgan fingerprint density at radius 2 is 1.85 bits per heavy atom. The molecule has 172 valence electrons. The molecule has 1 aromatic heterocycles. The van der Waals surface area contributed by atoms with Crippen LogP contribution in [0.1, 0.15) is 51.9 Å². The minimum Gasteiger partial charge on any atom is -0.493 e. The molecular formula is C25H26N2O5S. The molecule has 0 saturated heterocycles. The Hall–Kier alpha value is -3.39. The molecule has 1 aliphatic rings. The fourth-order valence-corrected chi connectivity index (χ4v) is 5.35. The number of fused-ring (bicyclic) bond motifs is 2. The van der Waals surface area contributed by atoms with E-state index in [4.69, 9.17) is 9.47 Å². The number of nitrogens with one attached hydrogen (secondary N) is 1. The molecule has 33 heavy (non-hydrogen) atoms. The van der Waals surface area contributed by atoms with Gasteiger partial charge in [-0.05, 0) is 42.7 Å². The molecule has 0 atom stereocenters. The molecule has 4 rings (SSSR count). The highest BCUT2D eigenvalue weighted by molar-refractivity contribution is 7.17. The van der Waals surface area contributed by atoms with Gasteiger partial charge in [0.25, 0.3) is 5.91 Å². The largest absolute Gasteiger partial charge is 0.493 e. The van der Waals surface area contributed by atoms with Crippen LogP contribution in [0.25, 0.3) is 10.8 Å². The summed E-state index contributed by atoms with van der Waals surface area (Å²) >= 11 is 1.32. The third-order valence-corrected chi connectivity index (χ3v) is 6.76. The van der Waals surface area contributed by atoms with Crippen molar-refractivity contribution in [3.05, 3.63) is 58.0 Å². The molecule has 8 heteroatoms. The van der Waals surface area contributed by atoms with Gasteiger partial charge in [-0.1, -0.05) is 30.3 Å². The highest BCUT2D eigenvalue weighted by atomic mass is 32.1. The van der Waals surface area contributed by atoms with E-state index >= 15 is 0 Å². The lowest BCUT2D eigenvalue weighted by Crippen LogP contribution is -2.34. The van der Waals surface area contributed by atoms with Crippen LogP contribution in [0.5, 0.6) is 5.75 Å². The van der Waals surface area contributed by atoms with Gasteiger partial charge in [-0.25, -0.2) is 4.79 Å². The molecule has 2 aromatic carbocycles. The van der Waals surface area contributed by atoms with Crippen LogP contribution in [0.2, 0.25) is 0 Å². The number of benzene rings is 2. The Bertz CT molecular complexity index is 1230. The van der Waals surface area contributed by atoms with Gasteiger partial charge in [0, 0.05) is 18.3 Å². The van der Waals surface area contributed by atoms with E-state index in [0.29, 0.717) is 48.0 Å². The van der Waals surface area contributed by atoms with Gasteiger partial charge in [-0.2, -0.15) is 0 Å². The van der Waals surface area contributed by atoms with Crippen molar-refractivity contribution in [1.29, 1.82) is 0 Å². The van der Waals surface area contributed by atoms with Crippen molar-refractivity contribution in [3.8, 4) is 5.75 Å². The standard InChI is InChI=1S/C25H26N2O5S/c1-4-31-19-11-10-16-8-6-7-9-17(16)21(19)23(29)26-24-22(25(30)32-5-2)18-12-13-27(15(3)28)14-20(18)33-24/h6-11H,4-5,12-14H2,1-3H3,(H,26,29). The predicted molar refractivity (Wildman–Crippen MR) is 128 cm³/mol. The van der Waals surface area contributed by atoms with Gasteiger partial charge in [0.1, 0.15) is 10.8 Å². The number of nitrogens with zero attached hydrogens (tertiary/aromatic N) is 1. The normalized spacial score (nSPS) is 12.9. The van der Waals surface area contributed by atoms with E-state index in [1.54, 1.807) is 17.9 Å². The number of carbonyl (C=O) groups is 3. The molecule has 0 radical (unpaired) electrons. The van der Waals surface area contributed by atoms with E-state index < -0.39 is 5.97 Å². The Balaban J connectivity index is 1.77. The average molecular weight is 467 g/mol. The third kappa shape index (κ3) is 4.43. The molecule has 0 saturated carbocycles. The Kier molecular flexibility index (Phi) is 6.65. The first-order chi connectivity index (χ1) is 15.9. The van der Waals surface area contributed by atoms with E-state index in [2.05, 4.69) is 5.32 Å². The molecule has 0 spiro atoms. The first-order valence-electron chi connectivity index (χ1n) is 11.0. The maximum atomic E-state index is 13.5. The number of esters is 1. The summed E-state index contributed by atoms with van der Waals surface area (Å²) < 4.78 is 11.0. The fraction of sp³-hybridized carbons (Fsp3) is 0.320. The lowest BCUT2D eigenvalue weighted by atomic mass is 10.0. The number of anilines is 1. The van der Waals surface area contributed by atoms with Gasteiger partial charge in [0.05, 0.1) is 30.9 Å². The van der Waals surface area contributed by atoms with Crippen LogP contribution < -0.4 is 10.1 Å². The van der Waals surface area contributed by atoms with Crippen molar-refractivity contribution < 1.29 is 23.9 Å². The van der Waals surface area contributed by atoms with Crippen molar-refractivity contribution in [2.24, 2.45) is 0 Å². The van der Waals surface area contributed by atoms with E-state index in [-0.39, 0.29) is 18.4 Å². The molecule has 1 aliphatic heterocycles. The van der Waals surface area contributed by atoms with Crippen LogP contribution in [0, 0.1) is 0 Å². The Morgan fingerprint density at radius 1 is 1.06 bits per heavy atom. The Labute approximate surface area is 196 Å². The summed E-state index contributed by atoms with van der Waals surface area (Å²) in [6, 6.07) is 11.3. The molecule has 0 aliphatic carbocycles. The fourth-order valence-electron chi connectivity index (χ4n) is 4.11. The molecule has 7 nitrogen and oxygen atoms in total. The second-order valence-corrected chi connectivity index (χ2v) is 8.77. The molecule has 0 unspecified atom stereocenters. The van der Waals surface area contributed by atoms with Crippen molar-refractivity contribution in [1.82, 2.24) is 4.90 Å². The third-order valence-electron chi connectivity index (χ3n) is 5.63. The summed E-state index contributed by atoms with van der Waals surface area (Å²) in [6.45, 7) is 6.73. The molecular weight excluding hydrogens is 440 g/mol. The highest BCUT2D eigenvalue weighted by Gasteiger charge is 2.31. The van der Waals surface area contributed by atoms with Crippen molar-refractivity contribution in [2.75, 3.05) is 25.1 Å². The van der Waals surface area contributed by atoms with Crippen molar-refractivity contribution >= 4 is 44.9 Å². The quantitative estimate of drug-likeness (QED) is 0.535. The van der Waals surface area contributed by atoms with Crippen LogP contribution >= 0.6 is 11.3 Å². The SMILES string of the molecule is CCOC(=O)c1c(NC(=O)c2c(OCC)ccc3ccccc23)sc2c1CCN(C(C)=O)C2. The van der Waals surface area contributed by atoms with E-state index in [1.807, 2.05) is 37.3 Å². The number of rotatable bonds is 6. The number of carbonyl (C=O) groups excluding carboxylic acids is 3. The van der Waals surface area contributed by atoms with E-state index in [1.165, 1.54) is 18.3 Å². The van der Waals surface area contributed by atoms with Crippen LogP contribution in [0.15, 0.2) is 36.4 Å². The number of hydrogen-bond acceptors (Lipinski definition) is 6. The molecule has 1 N–H and O–H groups in total. The number of thiophene rings is 1. The molecule has 2 heterocycles. The van der Waals surface area contributed by atoms with E-state index in [0.717, 1.165) is 21.2 Å². The van der Waals surface area contributed by atoms with Gasteiger partial charge in [-0.15, -0.1) is 11.3 Å². The number of hydrogen-bond donors (Lipinski definition) is 1. The molecule has 2 amide bonds. The van der Waals surface area contributed by atoms with Gasteiger partial charge >= 0.3 is 5.97 Å². The van der Waals surface area contributed by atoms with Crippen molar-refractivity contribution in [2.45, 2.75) is 33.7 Å². The monoisotopic (exact) mass is 466 g/mol. The smallest absolute Gasteiger partial charge is 0.341 e. The first-order valence-corrected chi connectivity index (χ1v) is 11.8. The lowest BCUT2D eigenvalue weighted by Gasteiger charge is -2.25. The van der Waals surface area contributed by atoms with Crippen molar-refractivity contribution in [3.63, 3.8) is 0 Å². The predicted octanol–water partition coefficient (Wildman–Crippen LogP) is 4.63. The minimum atomic E-state index is -0.468. The molecule has 3 aromatic rings. The second kappa shape index (κ2) is 9.62. The summed E-state index contributed by atoms with van der Waals surface area (Å²) in [5.41, 5.74) is 1.64. The summed E-state index contributed by atoms with van der Waals surface area (Å²) in [7, 11) is 0. The summed E-state index contributed by atoms with van der Waals surface area (Å²) in [5, 5.41) is 5.07. The average Bonchev–Trinajstić information content (AvgIpc) is 3.16. The Morgan fingerprint density at radius 3 is 2.58 bits per heavy atom. The minimum absolute atomic E-state index is 0.0190. The molecule has 0 bridgehead atoms. The summed E-state index contributed by atoms with van der Waals surface area (Å²) in [4.78, 5) is 40.9. The zero-order valence-corrected chi connectivity index (χ0v) is 19.7.